The Morgan fingerprint density at radius 2 is 2.18 bits per heavy atom. The van der Waals surface area contributed by atoms with E-state index < -0.39 is 11.9 Å². The van der Waals surface area contributed by atoms with Gasteiger partial charge >= 0.3 is 6.03 Å². The summed E-state index contributed by atoms with van der Waals surface area (Å²) in [6.07, 6.45) is 8.40. The van der Waals surface area contributed by atoms with Gasteiger partial charge in [-0.25, -0.2) is 9.78 Å². The van der Waals surface area contributed by atoms with E-state index in [0.717, 1.165) is 24.4 Å². The van der Waals surface area contributed by atoms with Crippen LogP contribution in [0.4, 0.5) is 10.6 Å². The molecule has 0 bridgehead atoms. The molecule has 33 heavy (non-hydrogen) atoms. The summed E-state index contributed by atoms with van der Waals surface area (Å²) in [5.41, 5.74) is 2.09. The van der Waals surface area contributed by atoms with Crippen molar-refractivity contribution in [2.45, 2.75) is 37.0 Å². The molecule has 4 heterocycles. The monoisotopic (exact) mass is 469 g/mol. The zero-order valence-corrected chi connectivity index (χ0v) is 18.4. The Morgan fingerprint density at radius 3 is 2.91 bits per heavy atom. The Labute approximate surface area is 193 Å². The van der Waals surface area contributed by atoms with Gasteiger partial charge in [0.25, 0.3) is 11.8 Å². The molecule has 2 fully saturated rings. The number of anilines is 1. The van der Waals surface area contributed by atoms with Crippen molar-refractivity contribution < 1.29 is 19.5 Å². The maximum atomic E-state index is 12.4. The normalized spacial score (nSPS) is 21.3. The molecule has 1 saturated carbocycles. The quantitative estimate of drug-likeness (QED) is 0.219. The summed E-state index contributed by atoms with van der Waals surface area (Å²) in [5.74, 6) is 0.147. The molecular formula is C21H23N7O4S. The number of hydrogen-bond donors (Lipinski definition) is 5. The van der Waals surface area contributed by atoms with Crippen molar-refractivity contribution in [1.82, 2.24) is 30.5 Å². The number of amides is 4. The molecule has 2 aromatic rings. The lowest BCUT2D eigenvalue weighted by atomic mass is 10.2. The van der Waals surface area contributed by atoms with Crippen molar-refractivity contribution in [2.24, 2.45) is 0 Å². The third kappa shape index (κ3) is 4.57. The number of carbonyl (C=O) groups is 3. The van der Waals surface area contributed by atoms with Gasteiger partial charge in [0.05, 0.1) is 22.0 Å². The summed E-state index contributed by atoms with van der Waals surface area (Å²) >= 11 is 1.45. The highest BCUT2D eigenvalue weighted by atomic mass is 32.2. The van der Waals surface area contributed by atoms with Crippen LogP contribution in [-0.2, 0) is 9.59 Å². The minimum absolute atomic E-state index is 0.0327. The second kappa shape index (κ2) is 8.87. The van der Waals surface area contributed by atoms with Crippen molar-refractivity contribution >= 4 is 47.1 Å². The molecule has 2 aliphatic heterocycles. The van der Waals surface area contributed by atoms with Gasteiger partial charge in [-0.1, -0.05) is 6.08 Å². The van der Waals surface area contributed by atoms with Crippen LogP contribution in [0.25, 0.3) is 11.7 Å². The summed E-state index contributed by atoms with van der Waals surface area (Å²) < 4.78 is 1.69. The first-order valence-electron chi connectivity index (χ1n) is 10.8. The summed E-state index contributed by atoms with van der Waals surface area (Å²) in [6, 6.07) is 1.78. The number of urea groups is 1. The van der Waals surface area contributed by atoms with Gasteiger partial charge in [-0.3, -0.25) is 14.9 Å². The molecule has 11 nitrogen and oxygen atoms in total. The topological polar surface area (TPSA) is 150 Å². The fraction of sp³-hybridized carbons (Fsp3) is 0.381. The molecule has 1 atom stereocenters. The van der Waals surface area contributed by atoms with Crippen LogP contribution in [0.15, 0.2) is 28.9 Å². The number of allylic oxidation sites excluding steroid dienone is 1. The van der Waals surface area contributed by atoms with Gasteiger partial charge in [0, 0.05) is 30.8 Å². The van der Waals surface area contributed by atoms with Gasteiger partial charge in [-0.2, -0.15) is 9.61 Å². The highest BCUT2D eigenvalue weighted by Gasteiger charge is 2.29. The predicted octanol–water partition coefficient (Wildman–Crippen LogP) is 1.04. The van der Waals surface area contributed by atoms with Crippen molar-refractivity contribution in [3.8, 4) is 0 Å². The number of carbonyl (C=O) groups excluding carboxylic acids is 3. The van der Waals surface area contributed by atoms with Crippen LogP contribution in [0.2, 0.25) is 0 Å². The molecule has 1 saturated heterocycles. The average Bonchev–Trinajstić information content (AvgIpc) is 3.18. The maximum Gasteiger partial charge on any atom is 0.326 e. The van der Waals surface area contributed by atoms with Gasteiger partial charge in [-0.15, -0.1) is 11.8 Å². The van der Waals surface area contributed by atoms with Crippen molar-refractivity contribution in [1.29, 1.82) is 0 Å². The average molecular weight is 470 g/mol. The predicted molar refractivity (Wildman–Crippen MR) is 122 cm³/mol. The van der Waals surface area contributed by atoms with Gasteiger partial charge in [-0.05, 0) is 31.8 Å². The van der Waals surface area contributed by atoms with Crippen LogP contribution in [0, 0.1) is 0 Å². The molecule has 5 N–H and O–H groups in total. The van der Waals surface area contributed by atoms with Crippen LogP contribution >= 0.6 is 11.8 Å². The van der Waals surface area contributed by atoms with Crippen molar-refractivity contribution in [2.75, 3.05) is 18.5 Å². The SMILES string of the molecule is O=C1NC(=O)/C(=C/c2cnn3c(NC4CC4)cc(C4CC=C(C(=O)NCCCO)S4)nc23)N1. The number of thioether (sulfide) groups is 1. The minimum atomic E-state index is -0.564. The first-order chi connectivity index (χ1) is 16.0. The zero-order valence-electron chi connectivity index (χ0n) is 17.6. The number of fused-ring (bicyclic) bond motifs is 1. The molecule has 3 aliphatic rings. The third-order valence-electron chi connectivity index (χ3n) is 5.43. The van der Waals surface area contributed by atoms with E-state index >= 15 is 0 Å². The number of aromatic nitrogens is 3. The number of imide groups is 1. The lowest BCUT2D eigenvalue weighted by Gasteiger charge is -2.14. The molecule has 0 spiro atoms. The van der Waals surface area contributed by atoms with E-state index in [1.54, 1.807) is 16.8 Å². The molecule has 0 aromatic carbocycles. The van der Waals surface area contributed by atoms with Gasteiger partial charge in [0.1, 0.15) is 11.5 Å². The smallest absolute Gasteiger partial charge is 0.326 e. The first kappa shape index (κ1) is 21.5. The molecule has 4 amide bonds. The largest absolute Gasteiger partial charge is 0.396 e. The lowest BCUT2D eigenvalue weighted by molar-refractivity contribution is -0.117. The number of hydrogen-bond acceptors (Lipinski definition) is 8. The van der Waals surface area contributed by atoms with Gasteiger partial charge in [0.2, 0.25) is 0 Å². The zero-order chi connectivity index (χ0) is 22.9. The maximum absolute atomic E-state index is 12.4. The highest BCUT2D eigenvalue weighted by Crippen LogP contribution is 2.44. The Balaban J connectivity index is 1.43. The number of nitrogens with zero attached hydrogens (tertiary/aromatic N) is 3. The van der Waals surface area contributed by atoms with Crippen molar-refractivity contribution in [3.63, 3.8) is 0 Å². The Kier molecular flexibility index (Phi) is 5.77. The van der Waals surface area contributed by atoms with Crippen LogP contribution in [0.5, 0.6) is 0 Å². The van der Waals surface area contributed by atoms with E-state index in [2.05, 4.69) is 26.4 Å². The van der Waals surface area contributed by atoms with E-state index in [-0.39, 0.29) is 23.5 Å². The molecular weight excluding hydrogens is 446 g/mol. The van der Waals surface area contributed by atoms with E-state index in [1.807, 2.05) is 12.1 Å². The number of rotatable bonds is 8. The van der Waals surface area contributed by atoms with E-state index in [1.165, 1.54) is 11.8 Å². The molecule has 1 unspecified atom stereocenters. The van der Waals surface area contributed by atoms with Crippen LogP contribution in [-0.4, -0.2) is 56.7 Å². The molecule has 12 heteroatoms. The van der Waals surface area contributed by atoms with E-state index in [9.17, 15) is 14.4 Å². The Bertz CT molecular complexity index is 1200. The van der Waals surface area contributed by atoms with Crippen molar-refractivity contribution in [3.05, 3.63) is 40.2 Å². The number of aliphatic hydroxyl groups is 1. The molecule has 5 rings (SSSR count). The lowest BCUT2D eigenvalue weighted by Crippen LogP contribution is -2.25. The number of aliphatic hydroxyl groups excluding tert-OH is 1. The molecule has 2 aromatic heterocycles. The minimum Gasteiger partial charge on any atom is -0.396 e. The molecule has 172 valence electrons. The second-order valence-electron chi connectivity index (χ2n) is 8.03. The van der Waals surface area contributed by atoms with E-state index in [4.69, 9.17) is 10.1 Å². The van der Waals surface area contributed by atoms with Crippen LogP contribution < -0.4 is 21.3 Å². The van der Waals surface area contributed by atoms with Crippen LogP contribution in [0.3, 0.4) is 0 Å². The summed E-state index contributed by atoms with van der Waals surface area (Å²) in [6.45, 7) is 0.459. The van der Waals surface area contributed by atoms with Gasteiger partial charge < -0.3 is 21.1 Å². The Morgan fingerprint density at radius 1 is 1.33 bits per heavy atom. The molecule has 1 aliphatic carbocycles. The highest BCUT2D eigenvalue weighted by molar-refractivity contribution is 8.04. The summed E-state index contributed by atoms with van der Waals surface area (Å²) in [4.78, 5) is 41.2. The van der Waals surface area contributed by atoms with Crippen LogP contribution in [0.1, 0.15) is 42.2 Å². The first-order valence-corrected chi connectivity index (χ1v) is 11.6. The fourth-order valence-electron chi connectivity index (χ4n) is 3.60. The van der Waals surface area contributed by atoms with E-state index in [0.29, 0.717) is 41.5 Å². The van der Waals surface area contributed by atoms with Gasteiger partial charge in [0.15, 0.2) is 5.65 Å². The second-order valence-corrected chi connectivity index (χ2v) is 9.27. The summed E-state index contributed by atoms with van der Waals surface area (Å²) in [7, 11) is 0. The summed E-state index contributed by atoms with van der Waals surface area (Å²) in [5, 5.41) is 24.2. The third-order valence-corrected chi connectivity index (χ3v) is 6.75. The standard InChI is InChI=1S/C21H23N7O4S/c29-7-1-6-22-20(31)16-5-4-15(33-16)13-9-17(24-12-2-3-12)28-18(25-13)11(10-23-28)8-14-19(30)27-21(32)26-14/h5,8-10,12,15,24,29H,1-4,6-7H2,(H,22,31)(H2,26,27,30,32)/b14-8-. The fourth-order valence-corrected chi connectivity index (χ4v) is 4.71. The molecule has 0 radical (unpaired) electrons. The Hall–Kier alpha value is -3.38. The number of nitrogens with one attached hydrogen (secondary N) is 4.